The van der Waals surface area contributed by atoms with Crippen LogP contribution in [-0.2, 0) is 17.5 Å². The molecule has 6 aromatic rings. The Kier molecular flexibility index (Phi) is 12.2. The summed E-state index contributed by atoms with van der Waals surface area (Å²) in [5.74, 6) is -2.79. The van der Waals surface area contributed by atoms with Crippen LogP contribution in [0.25, 0.3) is 11.1 Å². The van der Waals surface area contributed by atoms with Crippen molar-refractivity contribution in [1.29, 1.82) is 0 Å². The number of piperidine rings is 1. The second kappa shape index (κ2) is 18.2. The highest BCUT2D eigenvalue weighted by Crippen LogP contribution is 2.45. The molecule has 2 heterocycles. The summed E-state index contributed by atoms with van der Waals surface area (Å²) in [7, 11) is 1.27. The van der Waals surface area contributed by atoms with Crippen molar-refractivity contribution in [3.05, 3.63) is 155 Å². The maximum absolute atomic E-state index is 14.7. The van der Waals surface area contributed by atoms with E-state index in [9.17, 15) is 31.9 Å². The Bertz CT molecular complexity index is 2610. The van der Waals surface area contributed by atoms with E-state index in [1.807, 2.05) is 48.5 Å². The standard InChI is InChI=1S/C47H41F4N7O5/c1-52-43(59)41-37(48)16-11-17-38(41)55-42-36(47(49,50)51)26-53-44(56-42)54-30-22-20-29(21-23-30)27-58(39-18-7-8-19-40(39)63-45(60)57-24-9-2-10-25-57)46(61)62-28-35-33-14-5-3-12-31(33)32-13-4-6-15-34(32)35/h3-8,11-23,26,35H,2,9-10,24-25,27-28H2,1H3,(H,52,59)(H2,53,54,55,56). The molecule has 322 valence electrons. The monoisotopic (exact) mass is 859 g/mol. The van der Waals surface area contributed by atoms with E-state index in [0.29, 0.717) is 36.2 Å². The number of carbonyl (C=O) groups excluding carboxylic acids is 3. The molecule has 0 radical (unpaired) electrons. The van der Waals surface area contributed by atoms with E-state index in [1.165, 1.54) is 24.1 Å². The first-order valence-electron chi connectivity index (χ1n) is 20.2. The zero-order valence-electron chi connectivity index (χ0n) is 33.9. The predicted octanol–water partition coefficient (Wildman–Crippen LogP) is 10.4. The van der Waals surface area contributed by atoms with E-state index in [2.05, 4.69) is 25.9 Å². The molecule has 0 atom stereocenters. The molecule has 3 N–H and O–H groups in total. The number of fused-ring (bicyclic) bond motifs is 3. The number of ether oxygens (including phenoxy) is 2. The first-order chi connectivity index (χ1) is 30.5. The molecule has 12 nitrogen and oxygen atoms in total. The van der Waals surface area contributed by atoms with Gasteiger partial charge in [-0.3, -0.25) is 9.69 Å². The number of nitrogens with zero attached hydrogens (tertiary/aromatic N) is 4. The zero-order valence-corrected chi connectivity index (χ0v) is 33.9. The van der Waals surface area contributed by atoms with Crippen molar-refractivity contribution >= 4 is 46.9 Å². The van der Waals surface area contributed by atoms with Crippen molar-refractivity contribution in [1.82, 2.24) is 20.2 Å². The largest absolute Gasteiger partial charge is 0.448 e. The van der Waals surface area contributed by atoms with Crippen molar-refractivity contribution in [3.63, 3.8) is 0 Å². The number of nitrogens with one attached hydrogen (secondary N) is 3. The summed E-state index contributed by atoms with van der Waals surface area (Å²) in [6.45, 7) is 1.15. The zero-order chi connectivity index (χ0) is 44.1. The second-order valence-electron chi connectivity index (χ2n) is 14.9. The lowest BCUT2D eigenvalue weighted by molar-refractivity contribution is -0.137. The molecule has 0 unspecified atom stereocenters. The number of anilines is 5. The molecule has 8 rings (SSSR count). The van der Waals surface area contributed by atoms with Gasteiger partial charge in [0.1, 0.15) is 23.8 Å². The van der Waals surface area contributed by atoms with Gasteiger partial charge in [-0.2, -0.15) is 18.2 Å². The van der Waals surface area contributed by atoms with E-state index in [0.717, 1.165) is 47.6 Å². The third-order valence-electron chi connectivity index (χ3n) is 10.9. The molecule has 3 amide bonds. The van der Waals surface area contributed by atoms with Crippen LogP contribution < -0.4 is 25.6 Å². The molecule has 16 heteroatoms. The van der Waals surface area contributed by atoms with Crippen LogP contribution in [-0.4, -0.2) is 59.7 Å². The minimum absolute atomic E-state index is 0.0264. The van der Waals surface area contributed by atoms with E-state index >= 15 is 0 Å². The number of benzene rings is 5. The third-order valence-corrected chi connectivity index (χ3v) is 10.9. The fourth-order valence-electron chi connectivity index (χ4n) is 7.78. The Balaban J connectivity index is 1.05. The van der Waals surface area contributed by atoms with Crippen LogP contribution in [0, 0.1) is 5.82 Å². The number of para-hydroxylation sites is 2. The minimum atomic E-state index is -4.90. The van der Waals surface area contributed by atoms with Gasteiger partial charge in [0.2, 0.25) is 5.95 Å². The van der Waals surface area contributed by atoms with E-state index < -0.39 is 47.0 Å². The molecule has 1 saturated heterocycles. The SMILES string of the molecule is CNC(=O)c1c(F)cccc1Nc1nc(Nc2ccc(CN(C(=O)OCC3c4ccccc4-c4ccccc43)c3ccccc3OC(=O)N3CCCCC3)cc2)ncc1C(F)(F)F. The summed E-state index contributed by atoms with van der Waals surface area (Å²) in [4.78, 5) is 51.0. The van der Waals surface area contributed by atoms with Crippen LogP contribution in [0.4, 0.5) is 56.0 Å². The van der Waals surface area contributed by atoms with Gasteiger partial charge in [0, 0.05) is 37.9 Å². The van der Waals surface area contributed by atoms with Gasteiger partial charge in [-0.15, -0.1) is 0 Å². The molecule has 0 spiro atoms. The van der Waals surface area contributed by atoms with Gasteiger partial charge >= 0.3 is 18.4 Å². The van der Waals surface area contributed by atoms with Crippen LogP contribution in [0.15, 0.2) is 121 Å². The molecule has 1 aliphatic carbocycles. The van der Waals surface area contributed by atoms with Gasteiger partial charge in [-0.1, -0.05) is 78.9 Å². The average molecular weight is 860 g/mol. The van der Waals surface area contributed by atoms with Gasteiger partial charge in [0.05, 0.1) is 23.5 Å². The summed E-state index contributed by atoms with van der Waals surface area (Å²) in [5.41, 5.74) is 3.56. The Morgan fingerprint density at radius 2 is 1.48 bits per heavy atom. The molecule has 1 aliphatic heterocycles. The van der Waals surface area contributed by atoms with E-state index in [-0.39, 0.29) is 36.5 Å². The van der Waals surface area contributed by atoms with Crippen molar-refractivity contribution in [3.8, 4) is 16.9 Å². The number of likely N-dealkylation sites (tertiary alicyclic amines) is 1. The highest BCUT2D eigenvalue weighted by atomic mass is 19.4. The number of hydrogen-bond donors (Lipinski definition) is 3. The van der Waals surface area contributed by atoms with Crippen LogP contribution >= 0.6 is 0 Å². The first-order valence-corrected chi connectivity index (χ1v) is 20.2. The number of halogens is 4. The number of alkyl halides is 3. The Hall–Kier alpha value is -7.49. The van der Waals surface area contributed by atoms with Crippen LogP contribution in [0.5, 0.6) is 5.75 Å². The van der Waals surface area contributed by atoms with Crippen molar-refractivity contribution < 1.29 is 41.4 Å². The highest BCUT2D eigenvalue weighted by molar-refractivity contribution is 6.00. The quantitative estimate of drug-likeness (QED) is 0.109. The number of hydrogen-bond acceptors (Lipinski definition) is 9. The first kappa shape index (κ1) is 42.2. The molecule has 2 aliphatic rings. The molecular weight excluding hydrogens is 819 g/mol. The molecule has 1 aromatic heterocycles. The van der Waals surface area contributed by atoms with Crippen LogP contribution in [0.2, 0.25) is 0 Å². The molecule has 0 bridgehead atoms. The molecule has 5 aromatic carbocycles. The Morgan fingerprint density at radius 1 is 0.810 bits per heavy atom. The van der Waals surface area contributed by atoms with Crippen molar-refractivity contribution in [2.75, 3.05) is 42.3 Å². The minimum Gasteiger partial charge on any atom is -0.448 e. The van der Waals surface area contributed by atoms with E-state index in [1.54, 1.807) is 53.4 Å². The lowest BCUT2D eigenvalue weighted by Crippen LogP contribution is -2.38. The predicted molar refractivity (Wildman–Crippen MR) is 229 cm³/mol. The number of rotatable bonds is 11. The van der Waals surface area contributed by atoms with E-state index in [4.69, 9.17) is 9.47 Å². The summed E-state index contributed by atoms with van der Waals surface area (Å²) >= 11 is 0. The van der Waals surface area contributed by atoms with Crippen LogP contribution in [0.1, 0.15) is 57.8 Å². The topological polar surface area (TPSA) is 138 Å². The molecule has 0 saturated carbocycles. The lowest BCUT2D eigenvalue weighted by atomic mass is 9.98. The van der Waals surface area contributed by atoms with Crippen molar-refractivity contribution in [2.45, 2.75) is 37.9 Å². The average Bonchev–Trinajstić information content (AvgIpc) is 3.61. The lowest BCUT2D eigenvalue weighted by Gasteiger charge is -2.28. The Labute approximate surface area is 359 Å². The smallest absolute Gasteiger partial charge is 0.421 e. The van der Waals surface area contributed by atoms with Gasteiger partial charge in [0.25, 0.3) is 5.91 Å². The molecule has 63 heavy (non-hydrogen) atoms. The highest BCUT2D eigenvalue weighted by Gasteiger charge is 2.36. The van der Waals surface area contributed by atoms with Crippen molar-refractivity contribution in [2.24, 2.45) is 0 Å². The summed E-state index contributed by atoms with van der Waals surface area (Å²) < 4.78 is 69.0. The fourth-order valence-corrected chi connectivity index (χ4v) is 7.78. The molecular formula is C47H41F4N7O5. The van der Waals surface area contributed by atoms with Gasteiger partial charge in [0.15, 0.2) is 5.75 Å². The summed E-state index contributed by atoms with van der Waals surface area (Å²) in [5, 5.41) is 7.63. The Morgan fingerprint density at radius 3 is 2.16 bits per heavy atom. The normalized spacial score (nSPS) is 13.4. The van der Waals surface area contributed by atoms with Gasteiger partial charge < -0.3 is 30.3 Å². The maximum atomic E-state index is 14.7. The maximum Gasteiger partial charge on any atom is 0.421 e. The second-order valence-corrected chi connectivity index (χ2v) is 14.9. The number of aromatic nitrogens is 2. The fraction of sp³-hybridized carbons (Fsp3) is 0.213. The third kappa shape index (κ3) is 9.24. The summed E-state index contributed by atoms with van der Waals surface area (Å²) in [6.07, 6.45) is -2.76. The molecule has 1 fully saturated rings. The van der Waals surface area contributed by atoms with Gasteiger partial charge in [-0.25, -0.2) is 19.0 Å². The summed E-state index contributed by atoms with van der Waals surface area (Å²) in [6, 6.07) is 32.9. The number of amides is 3. The van der Waals surface area contributed by atoms with Crippen LogP contribution in [0.3, 0.4) is 0 Å². The number of carbonyl (C=O) groups is 3. The van der Waals surface area contributed by atoms with Gasteiger partial charge in [-0.05, 0) is 83.5 Å².